The van der Waals surface area contributed by atoms with Gasteiger partial charge in [0.25, 0.3) is 0 Å². The SMILES string of the molecule is CCCOc1ncnc(-n2cccn2)c1N. The van der Waals surface area contributed by atoms with Gasteiger partial charge in [-0.1, -0.05) is 6.92 Å². The monoisotopic (exact) mass is 219 g/mol. The van der Waals surface area contributed by atoms with Crippen LogP contribution in [0, 0.1) is 0 Å². The fourth-order valence-corrected chi connectivity index (χ4v) is 1.26. The Balaban J connectivity index is 2.33. The highest BCUT2D eigenvalue weighted by atomic mass is 16.5. The molecule has 2 heterocycles. The van der Waals surface area contributed by atoms with Crippen LogP contribution in [0.2, 0.25) is 0 Å². The molecule has 6 nitrogen and oxygen atoms in total. The summed E-state index contributed by atoms with van der Waals surface area (Å²) in [5, 5.41) is 4.06. The van der Waals surface area contributed by atoms with Crippen molar-refractivity contribution < 1.29 is 4.74 Å². The van der Waals surface area contributed by atoms with E-state index in [-0.39, 0.29) is 0 Å². The Morgan fingerprint density at radius 2 is 2.31 bits per heavy atom. The second-order valence-corrected chi connectivity index (χ2v) is 3.22. The molecule has 0 unspecified atom stereocenters. The third-order valence-corrected chi connectivity index (χ3v) is 1.99. The lowest BCUT2D eigenvalue weighted by Gasteiger charge is -2.09. The number of nitrogens with two attached hydrogens (primary N) is 1. The van der Waals surface area contributed by atoms with Crippen molar-refractivity contribution in [1.29, 1.82) is 0 Å². The Labute approximate surface area is 93.1 Å². The molecule has 0 aromatic carbocycles. The van der Waals surface area contributed by atoms with Crippen LogP contribution < -0.4 is 10.5 Å². The summed E-state index contributed by atoms with van der Waals surface area (Å²) in [6.45, 7) is 2.60. The zero-order valence-corrected chi connectivity index (χ0v) is 9.00. The van der Waals surface area contributed by atoms with Crippen LogP contribution in [0.15, 0.2) is 24.8 Å². The molecular formula is C10H13N5O. The van der Waals surface area contributed by atoms with Crippen LogP contribution in [0.5, 0.6) is 5.88 Å². The van der Waals surface area contributed by atoms with E-state index in [9.17, 15) is 0 Å². The van der Waals surface area contributed by atoms with E-state index < -0.39 is 0 Å². The zero-order chi connectivity index (χ0) is 11.4. The summed E-state index contributed by atoms with van der Waals surface area (Å²) in [6, 6.07) is 1.80. The van der Waals surface area contributed by atoms with Gasteiger partial charge in [0.1, 0.15) is 12.0 Å². The minimum absolute atomic E-state index is 0.402. The van der Waals surface area contributed by atoms with Gasteiger partial charge in [-0.3, -0.25) is 0 Å². The number of nitrogens with zero attached hydrogens (tertiary/aromatic N) is 4. The standard InChI is InChI=1S/C10H13N5O/c1-2-6-16-10-8(11)9(12-7-13-10)15-5-3-4-14-15/h3-5,7H,2,6,11H2,1H3. The molecule has 2 N–H and O–H groups in total. The van der Waals surface area contributed by atoms with E-state index in [1.165, 1.54) is 6.33 Å². The van der Waals surface area contributed by atoms with E-state index in [2.05, 4.69) is 15.1 Å². The molecule has 0 bridgehead atoms. The lowest BCUT2D eigenvalue weighted by Crippen LogP contribution is -2.08. The molecule has 2 aromatic heterocycles. The van der Waals surface area contributed by atoms with Crippen molar-refractivity contribution in [2.24, 2.45) is 0 Å². The number of ether oxygens (including phenoxy) is 1. The number of nitrogen functional groups attached to an aromatic ring is 1. The van der Waals surface area contributed by atoms with Gasteiger partial charge in [0.05, 0.1) is 6.61 Å². The van der Waals surface area contributed by atoms with Crippen LogP contribution in [-0.4, -0.2) is 26.4 Å². The normalized spacial score (nSPS) is 10.3. The topological polar surface area (TPSA) is 78.9 Å². The smallest absolute Gasteiger partial charge is 0.242 e. The maximum atomic E-state index is 5.90. The van der Waals surface area contributed by atoms with Gasteiger partial charge < -0.3 is 10.5 Å². The fourth-order valence-electron chi connectivity index (χ4n) is 1.26. The van der Waals surface area contributed by atoms with Gasteiger partial charge in [0.15, 0.2) is 5.82 Å². The van der Waals surface area contributed by atoms with Crippen LogP contribution in [0.1, 0.15) is 13.3 Å². The lowest BCUT2D eigenvalue weighted by molar-refractivity contribution is 0.306. The first-order valence-corrected chi connectivity index (χ1v) is 5.06. The Hall–Kier alpha value is -2.11. The summed E-state index contributed by atoms with van der Waals surface area (Å²) >= 11 is 0. The van der Waals surface area contributed by atoms with Crippen molar-refractivity contribution in [1.82, 2.24) is 19.7 Å². The number of hydrogen-bond donors (Lipinski definition) is 1. The van der Waals surface area contributed by atoms with Crippen LogP contribution in [0.3, 0.4) is 0 Å². The second kappa shape index (κ2) is 4.61. The zero-order valence-electron chi connectivity index (χ0n) is 9.00. The van der Waals surface area contributed by atoms with Crippen LogP contribution in [-0.2, 0) is 0 Å². The number of anilines is 1. The van der Waals surface area contributed by atoms with Gasteiger partial charge in [0.2, 0.25) is 5.88 Å². The minimum Gasteiger partial charge on any atom is -0.476 e. The van der Waals surface area contributed by atoms with Crippen molar-refractivity contribution in [2.75, 3.05) is 12.3 Å². The fraction of sp³-hybridized carbons (Fsp3) is 0.300. The number of aromatic nitrogens is 4. The highest BCUT2D eigenvalue weighted by Gasteiger charge is 2.10. The van der Waals surface area contributed by atoms with Gasteiger partial charge in [-0.2, -0.15) is 10.1 Å². The van der Waals surface area contributed by atoms with E-state index in [0.717, 1.165) is 6.42 Å². The molecule has 0 atom stereocenters. The maximum Gasteiger partial charge on any atom is 0.242 e. The van der Waals surface area contributed by atoms with Crippen molar-refractivity contribution in [3.63, 3.8) is 0 Å². The van der Waals surface area contributed by atoms with Gasteiger partial charge in [-0.15, -0.1) is 0 Å². The quantitative estimate of drug-likeness (QED) is 0.830. The average molecular weight is 219 g/mol. The third kappa shape index (κ3) is 1.95. The average Bonchev–Trinajstić information content (AvgIpc) is 2.81. The van der Waals surface area contributed by atoms with Crippen molar-refractivity contribution in [2.45, 2.75) is 13.3 Å². The molecule has 0 fully saturated rings. The molecule has 0 aliphatic carbocycles. The minimum atomic E-state index is 0.402. The Kier molecular flexibility index (Phi) is 3.00. The van der Waals surface area contributed by atoms with Crippen molar-refractivity contribution in [3.05, 3.63) is 24.8 Å². The molecule has 0 saturated carbocycles. The summed E-state index contributed by atoms with van der Waals surface area (Å²) in [7, 11) is 0. The van der Waals surface area contributed by atoms with E-state index >= 15 is 0 Å². The van der Waals surface area contributed by atoms with Crippen LogP contribution in [0.4, 0.5) is 5.69 Å². The number of hydrogen-bond acceptors (Lipinski definition) is 5. The Morgan fingerprint density at radius 1 is 1.44 bits per heavy atom. The van der Waals surface area contributed by atoms with Crippen LogP contribution >= 0.6 is 0 Å². The van der Waals surface area contributed by atoms with Crippen molar-refractivity contribution >= 4 is 5.69 Å². The van der Waals surface area contributed by atoms with E-state index in [4.69, 9.17) is 10.5 Å². The van der Waals surface area contributed by atoms with Gasteiger partial charge in [-0.25, -0.2) is 9.67 Å². The molecule has 0 amide bonds. The van der Waals surface area contributed by atoms with E-state index in [1.54, 1.807) is 23.1 Å². The molecular weight excluding hydrogens is 206 g/mol. The predicted octanol–water partition coefficient (Wildman–Crippen LogP) is 1.03. The summed E-state index contributed by atoms with van der Waals surface area (Å²) in [6.07, 6.45) is 5.75. The molecule has 6 heteroatoms. The Morgan fingerprint density at radius 3 is 3.00 bits per heavy atom. The van der Waals surface area contributed by atoms with Gasteiger partial charge >= 0.3 is 0 Å². The predicted molar refractivity (Wildman–Crippen MR) is 59.4 cm³/mol. The highest BCUT2D eigenvalue weighted by Crippen LogP contribution is 2.22. The Bertz CT molecular complexity index is 454. The first-order chi connectivity index (χ1) is 7.83. The summed E-state index contributed by atoms with van der Waals surface area (Å²) < 4.78 is 6.99. The van der Waals surface area contributed by atoms with Gasteiger partial charge in [0, 0.05) is 12.4 Å². The molecule has 16 heavy (non-hydrogen) atoms. The maximum absolute atomic E-state index is 5.90. The highest BCUT2D eigenvalue weighted by molar-refractivity contribution is 5.59. The molecule has 0 saturated heterocycles. The largest absolute Gasteiger partial charge is 0.476 e. The molecule has 2 rings (SSSR count). The lowest BCUT2D eigenvalue weighted by atomic mass is 10.4. The molecule has 0 radical (unpaired) electrons. The van der Waals surface area contributed by atoms with E-state index in [0.29, 0.717) is 24.0 Å². The molecule has 2 aromatic rings. The second-order valence-electron chi connectivity index (χ2n) is 3.22. The van der Waals surface area contributed by atoms with Crippen molar-refractivity contribution in [3.8, 4) is 11.7 Å². The summed E-state index contributed by atoms with van der Waals surface area (Å²) in [4.78, 5) is 8.06. The first-order valence-electron chi connectivity index (χ1n) is 5.06. The molecule has 84 valence electrons. The third-order valence-electron chi connectivity index (χ3n) is 1.99. The summed E-state index contributed by atoms with van der Waals surface area (Å²) in [5.74, 6) is 0.938. The van der Waals surface area contributed by atoms with E-state index in [1.807, 2.05) is 6.92 Å². The molecule has 0 spiro atoms. The van der Waals surface area contributed by atoms with Gasteiger partial charge in [-0.05, 0) is 12.5 Å². The number of rotatable bonds is 4. The summed E-state index contributed by atoms with van der Waals surface area (Å²) in [5.41, 5.74) is 6.31. The molecule has 0 aliphatic heterocycles. The van der Waals surface area contributed by atoms with Crippen LogP contribution in [0.25, 0.3) is 5.82 Å². The first kappa shape index (κ1) is 10.4. The molecule has 0 aliphatic rings.